The third kappa shape index (κ3) is 1.77. The Hall–Kier alpha value is 0.479. The summed E-state index contributed by atoms with van der Waals surface area (Å²) < 4.78 is 0. The van der Waals surface area contributed by atoms with Crippen molar-refractivity contribution in [2.75, 3.05) is 12.0 Å². The number of hydrogen-bond acceptors (Lipinski definition) is 1. The summed E-state index contributed by atoms with van der Waals surface area (Å²) in [5.41, 5.74) is 1.01. The molecule has 1 rings (SSSR count). The molecule has 1 fully saturated rings. The molecule has 0 aromatic heterocycles. The van der Waals surface area contributed by atoms with Crippen molar-refractivity contribution in [3.63, 3.8) is 0 Å². The van der Waals surface area contributed by atoms with Gasteiger partial charge in [-0.2, -0.15) is 0 Å². The fraction of sp³-hybridized carbons (Fsp3) is 1.00. The zero-order valence-electron chi connectivity index (χ0n) is 5.02. The van der Waals surface area contributed by atoms with Crippen molar-refractivity contribution in [1.82, 2.24) is 5.32 Å². The van der Waals surface area contributed by atoms with Crippen LogP contribution in [0.4, 0.5) is 0 Å². The van der Waals surface area contributed by atoms with Gasteiger partial charge in [0.15, 0.2) is 0 Å². The van der Waals surface area contributed by atoms with Gasteiger partial charge in [0.05, 0.1) is 0 Å². The maximum atomic E-state index is 3.29. The van der Waals surface area contributed by atoms with Gasteiger partial charge in [0.25, 0.3) is 0 Å². The van der Waals surface area contributed by atoms with E-state index in [-0.39, 0.29) is 0 Å². The van der Waals surface area contributed by atoms with Crippen LogP contribution in [-0.2, 0) is 0 Å². The first-order chi connectivity index (χ1) is 3.93. The first-order valence-corrected chi connectivity index (χ1v) is 4.43. The molecule has 1 nitrogen and oxygen atoms in total. The first kappa shape index (κ1) is 6.60. The SMILES string of the molecule is [Se]CNCC1CCC1. The van der Waals surface area contributed by atoms with E-state index in [1.165, 1.54) is 25.8 Å². The van der Waals surface area contributed by atoms with E-state index in [2.05, 4.69) is 21.3 Å². The van der Waals surface area contributed by atoms with Crippen molar-refractivity contribution in [3.05, 3.63) is 0 Å². The van der Waals surface area contributed by atoms with Crippen molar-refractivity contribution < 1.29 is 0 Å². The van der Waals surface area contributed by atoms with Gasteiger partial charge in [-0.25, -0.2) is 0 Å². The molecular weight excluding hydrogens is 165 g/mol. The summed E-state index contributed by atoms with van der Waals surface area (Å²) in [5.74, 6) is 1.00. The molecule has 0 amide bonds. The summed E-state index contributed by atoms with van der Waals surface area (Å²) in [7, 11) is 0. The molecule has 1 N–H and O–H groups in total. The Morgan fingerprint density at radius 2 is 2.25 bits per heavy atom. The van der Waals surface area contributed by atoms with E-state index in [0.717, 1.165) is 11.4 Å². The quantitative estimate of drug-likeness (QED) is 0.619. The van der Waals surface area contributed by atoms with E-state index in [1.807, 2.05) is 0 Å². The van der Waals surface area contributed by atoms with Crippen molar-refractivity contribution in [2.45, 2.75) is 19.3 Å². The summed E-state index contributed by atoms with van der Waals surface area (Å²) in [6.45, 7) is 1.23. The number of nitrogens with one attached hydrogen (secondary N) is 1. The van der Waals surface area contributed by atoms with E-state index in [4.69, 9.17) is 0 Å². The average molecular weight is 177 g/mol. The van der Waals surface area contributed by atoms with Crippen molar-refractivity contribution in [2.24, 2.45) is 5.92 Å². The molecule has 8 heavy (non-hydrogen) atoms. The third-order valence-corrected chi connectivity index (χ3v) is 2.19. The van der Waals surface area contributed by atoms with E-state index < -0.39 is 0 Å². The molecule has 0 spiro atoms. The van der Waals surface area contributed by atoms with Crippen LogP contribution in [0.5, 0.6) is 0 Å². The molecular formula is C6H12NSe. The predicted molar refractivity (Wildman–Crippen MR) is 36.0 cm³/mol. The van der Waals surface area contributed by atoms with E-state index in [0.29, 0.717) is 0 Å². The third-order valence-electron chi connectivity index (χ3n) is 1.76. The van der Waals surface area contributed by atoms with Gasteiger partial charge in [-0.1, -0.05) is 0 Å². The zero-order chi connectivity index (χ0) is 5.82. The van der Waals surface area contributed by atoms with Gasteiger partial charge in [-0.05, 0) is 0 Å². The summed E-state index contributed by atoms with van der Waals surface area (Å²) >= 11 is 2.94. The summed E-state index contributed by atoms with van der Waals surface area (Å²) in [5, 5.41) is 3.29. The molecule has 47 valence electrons. The summed E-state index contributed by atoms with van der Waals surface area (Å²) in [4.78, 5) is 0. The molecule has 0 unspecified atom stereocenters. The monoisotopic (exact) mass is 178 g/mol. The van der Waals surface area contributed by atoms with Crippen molar-refractivity contribution >= 4 is 16.0 Å². The first-order valence-electron chi connectivity index (χ1n) is 3.22. The fourth-order valence-corrected chi connectivity index (χ4v) is 1.21. The van der Waals surface area contributed by atoms with E-state index >= 15 is 0 Å². The van der Waals surface area contributed by atoms with Gasteiger partial charge < -0.3 is 0 Å². The second kappa shape index (κ2) is 3.49. The number of rotatable bonds is 3. The molecule has 0 atom stereocenters. The van der Waals surface area contributed by atoms with E-state index in [9.17, 15) is 0 Å². The standard InChI is InChI=1S/C6H12NSe/c8-5-7-4-6-2-1-3-6/h6-7H,1-5H2. The van der Waals surface area contributed by atoms with Crippen LogP contribution < -0.4 is 5.32 Å². The average Bonchev–Trinajstić information content (AvgIpc) is 1.63. The Bertz CT molecular complexity index is 61.5. The molecule has 0 aliphatic heterocycles. The topological polar surface area (TPSA) is 12.0 Å². The van der Waals surface area contributed by atoms with Crippen LogP contribution in [0.2, 0.25) is 0 Å². The Morgan fingerprint density at radius 3 is 2.62 bits per heavy atom. The molecule has 0 heterocycles. The van der Waals surface area contributed by atoms with Gasteiger partial charge in [0.2, 0.25) is 0 Å². The summed E-state index contributed by atoms with van der Waals surface area (Å²) in [6, 6.07) is 0. The fourth-order valence-electron chi connectivity index (χ4n) is 0.960. The summed E-state index contributed by atoms with van der Waals surface area (Å²) in [6.07, 6.45) is 4.36. The van der Waals surface area contributed by atoms with Crippen LogP contribution in [0.1, 0.15) is 19.3 Å². The normalized spacial score (nSPS) is 20.6. The Balaban J connectivity index is 1.86. The molecule has 1 saturated carbocycles. The molecule has 1 radical (unpaired) electrons. The van der Waals surface area contributed by atoms with Gasteiger partial charge in [0, 0.05) is 0 Å². The second-order valence-corrected chi connectivity index (χ2v) is 3.00. The van der Waals surface area contributed by atoms with Crippen LogP contribution >= 0.6 is 0 Å². The molecule has 0 aromatic carbocycles. The Kier molecular flexibility index (Phi) is 2.88. The van der Waals surface area contributed by atoms with Crippen molar-refractivity contribution in [3.8, 4) is 0 Å². The number of hydrogen-bond donors (Lipinski definition) is 1. The van der Waals surface area contributed by atoms with Gasteiger partial charge in [-0.3, -0.25) is 0 Å². The molecule has 1 aliphatic rings. The maximum absolute atomic E-state index is 3.29. The second-order valence-electron chi connectivity index (χ2n) is 2.40. The van der Waals surface area contributed by atoms with Crippen LogP contribution in [-0.4, -0.2) is 28.0 Å². The minimum atomic E-state index is 1.00. The van der Waals surface area contributed by atoms with Crippen LogP contribution in [0.15, 0.2) is 0 Å². The molecule has 0 saturated heterocycles. The molecule has 1 aliphatic carbocycles. The van der Waals surface area contributed by atoms with Crippen LogP contribution in [0.3, 0.4) is 0 Å². The zero-order valence-corrected chi connectivity index (χ0v) is 6.73. The molecule has 2 heteroatoms. The van der Waals surface area contributed by atoms with Gasteiger partial charge in [0.1, 0.15) is 0 Å². The van der Waals surface area contributed by atoms with Gasteiger partial charge >= 0.3 is 58.5 Å². The molecule has 0 aromatic rings. The predicted octanol–water partition coefficient (Wildman–Crippen LogP) is 0.502. The molecule has 0 bridgehead atoms. The Morgan fingerprint density at radius 1 is 1.50 bits per heavy atom. The van der Waals surface area contributed by atoms with Crippen LogP contribution in [0, 0.1) is 5.92 Å². The Labute approximate surface area is 59.0 Å². The van der Waals surface area contributed by atoms with Gasteiger partial charge in [-0.15, -0.1) is 0 Å². The van der Waals surface area contributed by atoms with Crippen LogP contribution in [0.25, 0.3) is 0 Å². The van der Waals surface area contributed by atoms with E-state index in [1.54, 1.807) is 0 Å². The van der Waals surface area contributed by atoms with Crippen molar-refractivity contribution in [1.29, 1.82) is 0 Å². The minimum absolute atomic E-state index is 1.00.